The number of unbranched alkanes of at least 4 members (excludes halogenated alkanes) is 43. The average molecular weight is 1450 g/mol. The minimum Gasteiger partial charge on any atom is -0.462 e. The molecule has 0 radical (unpaired) electrons. The summed E-state index contributed by atoms with van der Waals surface area (Å²) in [5.41, 5.74) is 0. The molecule has 0 spiro atoms. The summed E-state index contributed by atoms with van der Waals surface area (Å²) in [7, 11) is -9.92. The molecule has 588 valence electrons. The predicted molar refractivity (Wildman–Crippen MR) is 404 cm³/mol. The molecule has 0 bridgehead atoms. The summed E-state index contributed by atoms with van der Waals surface area (Å²) < 4.78 is 68.6. The fourth-order valence-electron chi connectivity index (χ4n) is 12.3. The summed E-state index contributed by atoms with van der Waals surface area (Å²) in [6.07, 6.45) is 55.9. The van der Waals surface area contributed by atoms with E-state index in [4.69, 9.17) is 37.0 Å². The molecule has 0 rings (SSSR count). The zero-order valence-electron chi connectivity index (χ0n) is 65.1. The molecule has 0 aromatic heterocycles. The van der Waals surface area contributed by atoms with E-state index in [0.717, 1.165) is 115 Å². The molecule has 17 nitrogen and oxygen atoms in total. The Morgan fingerprint density at radius 1 is 0.253 bits per heavy atom. The van der Waals surface area contributed by atoms with Crippen LogP contribution in [0, 0.1) is 23.7 Å². The molecule has 0 aliphatic heterocycles. The van der Waals surface area contributed by atoms with Crippen molar-refractivity contribution in [1.29, 1.82) is 0 Å². The van der Waals surface area contributed by atoms with Crippen molar-refractivity contribution in [1.82, 2.24) is 0 Å². The fraction of sp³-hybridized carbons (Fsp3) is 0.950. The monoisotopic (exact) mass is 1450 g/mol. The van der Waals surface area contributed by atoms with E-state index in [0.29, 0.717) is 37.5 Å². The Balaban J connectivity index is 5.14. The first-order valence-corrected chi connectivity index (χ1v) is 44.2. The Morgan fingerprint density at radius 3 is 0.626 bits per heavy atom. The minimum absolute atomic E-state index is 0.106. The van der Waals surface area contributed by atoms with Gasteiger partial charge in [-0.05, 0) is 49.4 Å². The molecule has 0 aromatic carbocycles. The van der Waals surface area contributed by atoms with E-state index in [1.54, 1.807) is 0 Å². The van der Waals surface area contributed by atoms with E-state index in [1.807, 2.05) is 0 Å². The van der Waals surface area contributed by atoms with Crippen molar-refractivity contribution in [2.24, 2.45) is 23.7 Å². The second kappa shape index (κ2) is 69.1. The van der Waals surface area contributed by atoms with E-state index in [-0.39, 0.29) is 25.7 Å². The number of carbonyl (C=O) groups is 4. The molecule has 0 saturated heterocycles. The highest BCUT2D eigenvalue weighted by Gasteiger charge is 2.30. The summed E-state index contributed by atoms with van der Waals surface area (Å²) in [4.78, 5) is 72.9. The average Bonchev–Trinajstić information content (AvgIpc) is 0.945. The number of phosphoric ester groups is 2. The highest BCUT2D eigenvalue weighted by atomic mass is 31.2. The molecule has 99 heavy (non-hydrogen) atoms. The van der Waals surface area contributed by atoms with Gasteiger partial charge in [0.15, 0.2) is 12.2 Å². The van der Waals surface area contributed by atoms with Crippen LogP contribution in [0.2, 0.25) is 0 Å². The molecular weight excluding hydrogens is 1290 g/mol. The zero-order valence-corrected chi connectivity index (χ0v) is 66.9. The van der Waals surface area contributed by atoms with Gasteiger partial charge in [-0.25, -0.2) is 9.13 Å². The lowest BCUT2D eigenvalue weighted by atomic mass is 10.0. The van der Waals surface area contributed by atoms with Crippen LogP contribution in [0.1, 0.15) is 409 Å². The Morgan fingerprint density at radius 2 is 0.424 bits per heavy atom. The highest BCUT2D eigenvalue weighted by Crippen LogP contribution is 2.45. The molecule has 0 aromatic rings. The summed E-state index contributed by atoms with van der Waals surface area (Å²) in [6.45, 7) is 14.2. The second-order valence-corrected chi connectivity index (χ2v) is 33.6. The number of esters is 4. The number of ether oxygens (including phenoxy) is 4. The van der Waals surface area contributed by atoms with Crippen LogP contribution in [-0.2, 0) is 65.4 Å². The van der Waals surface area contributed by atoms with Crippen molar-refractivity contribution >= 4 is 39.5 Å². The van der Waals surface area contributed by atoms with Gasteiger partial charge in [0.25, 0.3) is 0 Å². The molecule has 0 saturated carbocycles. The maximum atomic E-state index is 13.1. The Labute approximate surface area is 607 Å². The van der Waals surface area contributed by atoms with E-state index in [2.05, 4.69) is 55.4 Å². The Hall–Kier alpha value is -1.94. The molecule has 5 atom stereocenters. The molecular formula is C80H156O17P2. The number of aliphatic hydroxyl groups excluding tert-OH is 1. The molecule has 3 N–H and O–H groups in total. The third-order valence-corrected chi connectivity index (χ3v) is 20.5. The molecule has 0 aliphatic carbocycles. The fourth-order valence-corrected chi connectivity index (χ4v) is 13.8. The van der Waals surface area contributed by atoms with Crippen LogP contribution in [0.25, 0.3) is 0 Å². The maximum Gasteiger partial charge on any atom is 0.472 e. The number of hydrogen-bond donors (Lipinski definition) is 3. The van der Waals surface area contributed by atoms with Gasteiger partial charge >= 0.3 is 39.5 Å². The Kier molecular flexibility index (Phi) is 67.8. The summed E-state index contributed by atoms with van der Waals surface area (Å²) in [5.74, 6) is 0.894. The summed E-state index contributed by atoms with van der Waals surface area (Å²) in [5, 5.41) is 10.6. The zero-order chi connectivity index (χ0) is 73.1. The van der Waals surface area contributed by atoms with Crippen LogP contribution in [0.4, 0.5) is 0 Å². The van der Waals surface area contributed by atoms with Crippen LogP contribution < -0.4 is 0 Å². The van der Waals surface area contributed by atoms with Crippen molar-refractivity contribution in [3.63, 3.8) is 0 Å². The van der Waals surface area contributed by atoms with Gasteiger partial charge in [0.05, 0.1) is 26.4 Å². The number of carbonyl (C=O) groups excluding carboxylic acids is 4. The third kappa shape index (κ3) is 74.1. The van der Waals surface area contributed by atoms with Crippen molar-refractivity contribution in [2.75, 3.05) is 39.6 Å². The lowest BCUT2D eigenvalue weighted by molar-refractivity contribution is -0.161. The van der Waals surface area contributed by atoms with Gasteiger partial charge in [-0.2, -0.15) is 0 Å². The van der Waals surface area contributed by atoms with E-state index >= 15 is 0 Å². The van der Waals surface area contributed by atoms with E-state index in [9.17, 15) is 43.2 Å². The minimum atomic E-state index is -4.96. The normalized spacial score (nSPS) is 14.1. The first-order chi connectivity index (χ1) is 47.6. The Bertz CT molecular complexity index is 1940. The summed E-state index contributed by atoms with van der Waals surface area (Å²) >= 11 is 0. The van der Waals surface area contributed by atoms with Crippen molar-refractivity contribution in [3.8, 4) is 0 Å². The highest BCUT2D eigenvalue weighted by molar-refractivity contribution is 7.47. The number of aliphatic hydroxyl groups is 1. The third-order valence-electron chi connectivity index (χ3n) is 18.6. The van der Waals surface area contributed by atoms with Crippen molar-refractivity contribution in [2.45, 2.75) is 427 Å². The number of phosphoric acid groups is 2. The van der Waals surface area contributed by atoms with Crippen molar-refractivity contribution < 1.29 is 80.2 Å². The van der Waals surface area contributed by atoms with Crippen LogP contribution in [0.15, 0.2) is 0 Å². The number of rotatable bonds is 77. The quantitative estimate of drug-likeness (QED) is 0.0222. The van der Waals surface area contributed by atoms with Gasteiger partial charge in [-0.15, -0.1) is 0 Å². The van der Waals surface area contributed by atoms with Crippen LogP contribution in [0.3, 0.4) is 0 Å². The smallest absolute Gasteiger partial charge is 0.462 e. The van der Waals surface area contributed by atoms with Crippen LogP contribution in [-0.4, -0.2) is 96.7 Å². The van der Waals surface area contributed by atoms with Gasteiger partial charge in [0, 0.05) is 25.7 Å². The van der Waals surface area contributed by atoms with Crippen LogP contribution >= 0.6 is 15.6 Å². The second-order valence-electron chi connectivity index (χ2n) is 30.7. The summed E-state index contributed by atoms with van der Waals surface area (Å²) in [6, 6.07) is 0. The lowest BCUT2D eigenvalue weighted by Gasteiger charge is -2.21. The van der Waals surface area contributed by atoms with E-state index < -0.39 is 97.5 Å². The van der Waals surface area contributed by atoms with Gasteiger partial charge < -0.3 is 33.8 Å². The first kappa shape index (κ1) is 97.1. The van der Waals surface area contributed by atoms with Gasteiger partial charge in [0.1, 0.15) is 19.3 Å². The standard InChI is InChI=1S/C80H156O17P2/c1-70(2)56-48-40-32-27-23-19-15-11-9-10-12-17-21-25-29-35-46-54-62-79(84)96-75(66-90-77(82)60-52-44-37-31-34-42-50-58-72(5)6)68-94-98(86,87)92-64-74(81)65-93-99(88,89)95-69-76(67-91-78(83)61-53-45-39-38-43-51-59-73(7)8)97-80(85)63-55-47-36-30-26-22-18-14-13-16-20-24-28-33-41-49-57-71(3)4/h70-76,81H,9-69H2,1-8H3,(H,86,87)(H,88,89)/t74?,75-,76-/m1/s1. The predicted octanol–water partition coefficient (Wildman–Crippen LogP) is 23.6. The van der Waals surface area contributed by atoms with Gasteiger partial charge in [0.2, 0.25) is 0 Å². The lowest BCUT2D eigenvalue weighted by Crippen LogP contribution is -2.30. The van der Waals surface area contributed by atoms with Crippen LogP contribution in [0.5, 0.6) is 0 Å². The molecule has 0 heterocycles. The van der Waals surface area contributed by atoms with Crippen molar-refractivity contribution in [3.05, 3.63) is 0 Å². The molecule has 19 heteroatoms. The van der Waals surface area contributed by atoms with E-state index in [1.165, 1.54) is 199 Å². The molecule has 0 aliphatic rings. The largest absolute Gasteiger partial charge is 0.472 e. The van der Waals surface area contributed by atoms with Gasteiger partial charge in [-0.3, -0.25) is 37.3 Å². The SMILES string of the molecule is CC(C)CCCCCCCCCCCCCCCCCCCCC(=O)O[C@H](COC(=O)CCCCCCCCCC(C)C)COP(=O)(O)OCC(O)COP(=O)(O)OC[C@@H](COC(=O)CCCCCCCCC(C)C)OC(=O)CCCCCCCCCCCCCCCCCCC(C)C. The number of hydrogen-bond acceptors (Lipinski definition) is 15. The topological polar surface area (TPSA) is 237 Å². The first-order valence-electron chi connectivity index (χ1n) is 41.2. The van der Waals surface area contributed by atoms with Gasteiger partial charge in [-0.1, -0.05) is 357 Å². The molecule has 3 unspecified atom stereocenters. The molecule has 0 fully saturated rings. The maximum absolute atomic E-state index is 13.1. The molecule has 0 amide bonds.